The second-order valence-corrected chi connectivity index (χ2v) is 4.83. The summed E-state index contributed by atoms with van der Waals surface area (Å²) in [5, 5.41) is 9.72. The van der Waals surface area contributed by atoms with E-state index in [1.165, 1.54) is 6.07 Å². The van der Waals surface area contributed by atoms with Crippen LogP contribution >= 0.6 is 11.6 Å². The summed E-state index contributed by atoms with van der Waals surface area (Å²) in [6.07, 6.45) is 0.0624. The lowest BCUT2D eigenvalue weighted by atomic mass is 9.92. The van der Waals surface area contributed by atoms with Crippen molar-refractivity contribution < 1.29 is 18.7 Å². The summed E-state index contributed by atoms with van der Waals surface area (Å²) in [6.45, 7) is 0. The zero-order valence-electron chi connectivity index (χ0n) is 10.3. The Morgan fingerprint density at radius 2 is 1.90 bits per heavy atom. The quantitative estimate of drug-likeness (QED) is 0.925. The molecule has 104 valence electrons. The van der Waals surface area contributed by atoms with Gasteiger partial charge in [0, 0.05) is 5.02 Å². The molecule has 0 aliphatic carbocycles. The minimum absolute atomic E-state index is 0.0624. The number of rotatable bonds is 4. The van der Waals surface area contributed by atoms with Crippen molar-refractivity contribution in [1.82, 2.24) is 0 Å². The molecule has 0 amide bonds. The summed E-state index contributed by atoms with van der Waals surface area (Å²) in [5.74, 6) is -3.85. The summed E-state index contributed by atoms with van der Waals surface area (Å²) in [6, 6.07) is 9.86. The van der Waals surface area contributed by atoms with E-state index >= 15 is 0 Å². The smallest absolute Gasteiger partial charge is 0.311 e. The number of hydrogen-bond acceptors (Lipinski definition) is 1. The van der Waals surface area contributed by atoms with Crippen LogP contribution in [-0.4, -0.2) is 11.1 Å². The van der Waals surface area contributed by atoms with Crippen molar-refractivity contribution in [3.05, 3.63) is 70.2 Å². The van der Waals surface area contributed by atoms with Gasteiger partial charge >= 0.3 is 5.97 Å². The number of carboxylic acid groups (broad SMARTS) is 1. The zero-order valence-corrected chi connectivity index (χ0v) is 11.1. The van der Waals surface area contributed by atoms with Crippen molar-refractivity contribution in [3.63, 3.8) is 0 Å². The molecule has 0 saturated heterocycles. The van der Waals surface area contributed by atoms with Gasteiger partial charge in [0.05, 0.1) is 5.92 Å². The van der Waals surface area contributed by atoms with Gasteiger partial charge in [0.1, 0.15) is 0 Å². The Bertz CT molecular complexity index is 644. The van der Waals surface area contributed by atoms with Gasteiger partial charge in [-0.1, -0.05) is 29.8 Å². The summed E-state index contributed by atoms with van der Waals surface area (Å²) < 4.78 is 26.0. The van der Waals surface area contributed by atoms with E-state index in [0.717, 1.165) is 12.1 Å². The van der Waals surface area contributed by atoms with E-state index in [1.807, 2.05) is 0 Å². The molecule has 0 fully saturated rings. The zero-order chi connectivity index (χ0) is 14.7. The fraction of sp³-hybridized carbons (Fsp3) is 0.133. The first-order chi connectivity index (χ1) is 9.47. The van der Waals surface area contributed by atoms with Crippen molar-refractivity contribution in [2.24, 2.45) is 0 Å². The fourth-order valence-electron chi connectivity index (χ4n) is 1.97. The Hall–Kier alpha value is -1.94. The van der Waals surface area contributed by atoms with Gasteiger partial charge in [-0.05, 0) is 41.8 Å². The maximum absolute atomic E-state index is 13.2. The second-order valence-electron chi connectivity index (χ2n) is 4.40. The summed E-state index contributed by atoms with van der Waals surface area (Å²) in [4.78, 5) is 11.4. The van der Waals surface area contributed by atoms with Crippen molar-refractivity contribution in [1.29, 1.82) is 0 Å². The molecule has 2 aromatic rings. The van der Waals surface area contributed by atoms with Crippen molar-refractivity contribution in [2.75, 3.05) is 0 Å². The molecule has 0 bridgehead atoms. The Labute approximate surface area is 119 Å². The third-order valence-corrected chi connectivity index (χ3v) is 3.21. The summed E-state index contributed by atoms with van der Waals surface area (Å²) in [5.41, 5.74) is 0.936. The maximum Gasteiger partial charge on any atom is 0.311 e. The molecule has 20 heavy (non-hydrogen) atoms. The van der Waals surface area contributed by atoms with Crippen molar-refractivity contribution in [2.45, 2.75) is 12.3 Å². The molecular weight excluding hydrogens is 286 g/mol. The predicted molar refractivity (Wildman–Crippen MR) is 71.9 cm³/mol. The Morgan fingerprint density at radius 1 is 1.15 bits per heavy atom. The lowest BCUT2D eigenvalue weighted by Gasteiger charge is -2.13. The molecule has 0 aliphatic heterocycles. The standard InChI is InChI=1S/C15H11ClF2O2/c16-11-3-1-2-10(8-11)12(15(19)20)6-9-4-5-13(17)14(18)7-9/h1-5,7-8,12H,6H2,(H,19,20). The van der Waals surface area contributed by atoms with Crippen LogP contribution in [0.1, 0.15) is 17.0 Å². The number of aliphatic carboxylic acids is 1. The van der Waals surface area contributed by atoms with Gasteiger partial charge in [-0.25, -0.2) is 8.78 Å². The first kappa shape index (κ1) is 14.5. The number of carboxylic acids is 1. The topological polar surface area (TPSA) is 37.3 Å². The Kier molecular flexibility index (Phi) is 4.35. The normalized spacial score (nSPS) is 12.2. The molecule has 0 radical (unpaired) electrons. The number of carbonyl (C=O) groups is 1. The molecule has 1 atom stereocenters. The van der Waals surface area contributed by atoms with Crippen LogP contribution in [0.5, 0.6) is 0 Å². The van der Waals surface area contributed by atoms with Crippen LogP contribution in [0.2, 0.25) is 5.02 Å². The molecule has 0 heterocycles. The lowest BCUT2D eigenvalue weighted by molar-refractivity contribution is -0.138. The van der Waals surface area contributed by atoms with Crippen LogP contribution in [0.15, 0.2) is 42.5 Å². The number of halogens is 3. The van der Waals surface area contributed by atoms with E-state index in [2.05, 4.69) is 0 Å². The summed E-state index contributed by atoms with van der Waals surface area (Å²) >= 11 is 5.84. The van der Waals surface area contributed by atoms with Gasteiger partial charge in [-0.15, -0.1) is 0 Å². The second kappa shape index (κ2) is 6.01. The third kappa shape index (κ3) is 3.33. The molecule has 2 nitrogen and oxygen atoms in total. The van der Waals surface area contributed by atoms with Crippen LogP contribution in [-0.2, 0) is 11.2 Å². The SMILES string of the molecule is O=C(O)C(Cc1ccc(F)c(F)c1)c1cccc(Cl)c1. The van der Waals surface area contributed by atoms with Gasteiger partial charge in [0.15, 0.2) is 11.6 Å². The molecule has 0 aliphatic rings. The molecule has 5 heteroatoms. The first-order valence-corrected chi connectivity index (χ1v) is 6.27. The average Bonchev–Trinajstić information content (AvgIpc) is 2.39. The molecule has 2 rings (SSSR count). The van der Waals surface area contributed by atoms with Crippen molar-refractivity contribution >= 4 is 17.6 Å². The molecule has 0 spiro atoms. The average molecular weight is 297 g/mol. The number of hydrogen-bond donors (Lipinski definition) is 1. The van der Waals surface area contributed by atoms with E-state index in [0.29, 0.717) is 16.1 Å². The van der Waals surface area contributed by atoms with Crippen LogP contribution in [0.25, 0.3) is 0 Å². The Balaban J connectivity index is 2.30. The molecule has 1 N–H and O–H groups in total. The third-order valence-electron chi connectivity index (χ3n) is 2.97. The maximum atomic E-state index is 13.2. The van der Waals surface area contributed by atoms with Crippen LogP contribution in [0, 0.1) is 11.6 Å². The molecule has 0 aromatic heterocycles. The monoisotopic (exact) mass is 296 g/mol. The van der Waals surface area contributed by atoms with E-state index in [-0.39, 0.29) is 6.42 Å². The molecule has 0 saturated carbocycles. The van der Waals surface area contributed by atoms with E-state index < -0.39 is 23.5 Å². The van der Waals surface area contributed by atoms with Crippen LogP contribution < -0.4 is 0 Å². The van der Waals surface area contributed by atoms with Gasteiger partial charge in [-0.2, -0.15) is 0 Å². The minimum Gasteiger partial charge on any atom is -0.481 e. The molecule has 2 aromatic carbocycles. The minimum atomic E-state index is -1.04. The predicted octanol–water partition coefficient (Wildman–Crippen LogP) is 4.03. The highest BCUT2D eigenvalue weighted by Crippen LogP contribution is 2.24. The lowest BCUT2D eigenvalue weighted by Crippen LogP contribution is -2.14. The van der Waals surface area contributed by atoms with Gasteiger partial charge < -0.3 is 5.11 Å². The van der Waals surface area contributed by atoms with Crippen molar-refractivity contribution in [3.8, 4) is 0 Å². The number of benzene rings is 2. The first-order valence-electron chi connectivity index (χ1n) is 5.89. The highest BCUT2D eigenvalue weighted by Gasteiger charge is 2.21. The van der Waals surface area contributed by atoms with Gasteiger partial charge in [0.2, 0.25) is 0 Å². The highest BCUT2D eigenvalue weighted by atomic mass is 35.5. The molecular formula is C15H11ClF2O2. The fourth-order valence-corrected chi connectivity index (χ4v) is 2.17. The largest absolute Gasteiger partial charge is 0.481 e. The van der Waals surface area contributed by atoms with Crippen LogP contribution in [0.3, 0.4) is 0 Å². The van der Waals surface area contributed by atoms with E-state index in [4.69, 9.17) is 11.6 Å². The highest BCUT2D eigenvalue weighted by molar-refractivity contribution is 6.30. The van der Waals surface area contributed by atoms with Gasteiger partial charge in [-0.3, -0.25) is 4.79 Å². The van der Waals surface area contributed by atoms with E-state index in [9.17, 15) is 18.7 Å². The van der Waals surface area contributed by atoms with E-state index in [1.54, 1.807) is 24.3 Å². The van der Waals surface area contributed by atoms with Gasteiger partial charge in [0.25, 0.3) is 0 Å². The summed E-state index contributed by atoms with van der Waals surface area (Å²) in [7, 11) is 0. The van der Waals surface area contributed by atoms with Crippen LogP contribution in [0.4, 0.5) is 8.78 Å². The molecule has 1 unspecified atom stereocenters. The Morgan fingerprint density at radius 3 is 2.50 bits per heavy atom.